The van der Waals surface area contributed by atoms with E-state index in [2.05, 4.69) is 0 Å². The number of hydrogen-bond acceptors (Lipinski definition) is 2. The summed E-state index contributed by atoms with van der Waals surface area (Å²) in [7, 11) is 0. The van der Waals surface area contributed by atoms with Gasteiger partial charge in [-0.15, -0.1) is 0 Å². The predicted molar refractivity (Wildman–Crippen MR) is 56.7 cm³/mol. The van der Waals surface area contributed by atoms with Crippen LogP contribution < -0.4 is 0 Å². The van der Waals surface area contributed by atoms with Gasteiger partial charge in [0.05, 0.1) is 4.92 Å². The van der Waals surface area contributed by atoms with E-state index < -0.39 is 11.3 Å². The summed E-state index contributed by atoms with van der Waals surface area (Å²) in [6.45, 7) is 1.97. The minimum atomic E-state index is -2.66. The van der Waals surface area contributed by atoms with Gasteiger partial charge in [0.25, 0.3) is 12.1 Å². The van der Waals surface area contributed by atoms with Gasteiger partial charge in [0.1, 0.15) is 0 Å². The summed E-state index contributed by atoms with van der Waals surface area (Å²) in [4.78, 5) is 9.80. The van der Waals surface area contributed by atoms with E-state index in [4.69, 9.17) is 0 Å². The Bertz CT molecular complexity index is 380. The molecule has 0 N–H and O–H groups in total. The highest BCUT2D eigenvalue weighted by molar-refractivity contribution is 5.40. The molecule has 0 fully saturated rings. The summed E-state index contributed by atoms with van der Waals surface area (Å²) >= 11 is 0. The number of alkyl halides is 2. The molecule has 0 aliphatic carbocycles. The number of nitro groups is 1. The molecular formula is C11H13F2NO2. The summed E-state index contributed by atoms with van der Waals surface area (Å²) in [6.07, 6.45) is -0.419. The summed E-state index contributed by atoms with van der Waals surface area (Å²) in [5, 5.41) is 10.5. The lowest BCUT2D eigenvalue weighted by Crippen LogP contribution is -1.97. The molecule has 0 aliphatic rings. The first-order chi connectivity index (χ1) is 7.56. The van der Waals surface area contributed by atoms with Crippen molar-refractivity contribution in [2.75, 3.05) is 0 Å². The second-order valence-corrected chi connectivity index (χ2v) is 3.54. The van der Waals surface area contributed by atoms with E-state index in [0.717, 1.165) is 18.9 Å². The van der Waals surface area contributed by atoms with Crippen molar-refractivity contribution in [3.63, 3.8) is 0 Å². The normalized spacial score (nSPS) is 10.8. The second-order valence-electron chi connectivity index (χ2n) is 3.54. The van der Waals surface area contributed by atoms with Crippen LogP contribution in [-0.4, -0.2) is 4.92 Å². The molecule has 0 saturated carbocycles. The third kappa shape index (κ3) is 2.98. The van der Waals surface area contributed by atoms with E-state index >= 15 is 0 Å². The van der Waals surface area contributed by atoms with Gasteiger partial charge in [-0.2, -0.15) is 0 Å². The van der Waals surface area contributed by atoms with Gasteiger partial charge >= 0.3 is 0 Å². The minimum absolute atomic E-state index is 0.220. The molecule has 16 heavy (non-hydrogen) atoms. The molecule has 0 radical (unpaired) electrons. The highest BCUT2D eigenvalue weighted by Gasteiger charge is 2.17. The Morgan fingerprint density at radius 1 is 1.44 bits per heavy atom. The van der Waals surface area contributed by atoms with Crippen LogP contribution >= 0.6 is 0 Å². The topological polar surface area (TPSA) is 43.1 Å². The van der Waals surface area contributed by atoms with E-state index in [0.29, 0.717) is 12.0 Å². The van der Waals surface area contributed by atoms with E-state index in [1.807, 2.05) is 6.92 Å². The number of benzene rings is 1. The van der Waals surface area contributed by atoms with Crippen molar-refractivity contribution >= 4 is 5.69 Å². The largest absolute Gasteiger partial charge is 0.269 e. The summed E-state index contributed by atoms with van der Waals surface area (Å²) in [5.41, 5.74) is 0.000600. The van der Waals surface area contributed by atoms with Crippen molar-refractivity contribution < 1.29 is 13.7 Å². The fraction of sp³-hybridized carbons (Fsp3) is 0.455. The zero-order valence-electron chi connectivity index (χ0n) is 8.95. The third-order valence-electron chi connectivity index (χ3n) is 2.38. The molecule has 0 heterocycles. The second kappa shape index (κ2) is 5.53. The maximum absolute atomic E-state index is 12.7. The van der Waals surface area contributed by atoms with E-state index in [1.54, 1.807) is 0 Å². The van der Waals surface area contributed by atoms with Gasteiger partial charge in [0, 0.05) is 17.7 Å². The minimum Gasteiger partial charge on any atom is -0.258 e. The number of hydrogen-bond donors (Lipinski definition) is 0. The smallest absolute Gasteiger partial charge is 0.258 e. The van der Waals surface area contributed by atoms with Crippen LogP contribution in [0.15, 0.2) is 18.2 Å². The highest BCUT2D eigenvalue weighted by atomic mass is 19.3. The molecule has 1 aromatic carbocycles. The maximum Gasteiger partial charge on any atom is 0.269 e. The Morgan fingerprint density at radius 2 is 2.12 bits per heavy atom. The molecule has 0 aromatic heterocycles. The van der Waals surface area contributed by atoms with Gasteiger partial charge in [-0.25, -0.2) is 8.78 Å². The van der Waals surface area contributed by atoms with Gasteiger partial charge < -0.3 is 0 Å². The fourth-order valence-electron chi connectivity index (χ4n) is 1.49. The first-order valence-corrected chi connectivity index (χ1v) is 5.11. The van der Waals surface area contributed by atoms with Gasteiger partial charge in [-0.3, -0.25) is 10.1 Å². The van der Waals surface area contributed by atoms with Crippen LogP contribution in [0.4, 0.5) is 14.5 Å². The van der Waals surface area contributed by atoms with Crippen LogP contribution in [0.5, 0.6) is 0 Å². The molecule has 88 valence electrons. The molecule has 0 saturated heterocycles. The van der Waals surface area contributed by atoms with Crippen LogP contribution in [0.1, 0.15) is 37.3 Å². The fourth-order valence-corrected chi connectivity index (χ4v) is 1.49. The van der Waals surface area contributed by atoms with E-state index in [1.165, 1.54) is 12.1 Å². The first kappa shape index (κ1) is 12.5. The van der Waals surface area contributed by atoms with Crippen LogP contribution in [0.3, 0.4) is 0 Å². The average Bonchev–Trinajstić information content (AvgIpc) is 2.25. The van der Waals surface area contributed by atoms with Gasteiger partial charge in [0.15, 0.2) is 0 Å². The molecule has 5 heteroatoms. The number of nitrogens with zero attached hydrogens (tertiary/aromatic N) is 1. The number of nitro benzene ring substituents is 1. The molecule has 0 unspecified atom stereocenters. The molecule has 1 aromatic rings. The standard InChI is InChI=1S/C11H13F2NO2/c1-2-3-4-8-5-6-9(14(15)16)7-10(8)11(12)13/h5-7,11H,2-4H2,1H3. The lowest BCUT2D eigenvalue weighted by Gasteiger charge is -2.07. The van der Waals surface area contributed by atoms with Crippen LogP contribution in [0, 0.1) is 10.1 Å². The third-order valence-corrected chi connectivity index (χ3v) is 2.38. The maximum atomic E-state index is 12.7. The monoisotopic (exact) mass is 229 g/mol. The van der Waals surface area contributed by atoms with Crippen molar-refractivity contribution in [3.8, 4) is 0 Å². The Kier molecular flexibility index (Phi) is 4.34. The SMILES string of the molecule is CCCCc1ccc([N+](=O)[O-])cc1C(F)F. The van der Waals surface area contributed by atoms with E-state index in [9.17, 15) is 18.9 Å². The number of rotatable bonds is 5. The molecule has 3 nitrogen and oxygen atoms in total. The van der Waals surface area contributed by atoms with Crippen molar-refractivity contribution in [2.24, 2.45) is 0 Å². The summed E-state index contributed by atoms with van der Waals surface area (Å²) in [6, 6.07) is 3.67. The molecule has 0 amide bonds. The molecule has 0 bridgehead atoms. The van der Waals surface area contributed by atoms with Gasteiger partial charge in [-0.05, 0) is 18.4 Å². The Hall–Kier alpha value is -1.52. The molecule has 0 atom stereocenters. The number of non-ortho nitro benzene ring substituents is 1. The van der Waals surface area contributed by atoms with E-state index in [-0.39, 0.29) is 11.3 Å². The van der Waals surface area contributed by atoms with Crippen molar-refractivity contribution in [1.29, 1.82) is 0 Å². The summed E-state index contributed by atoms with van der Waals surface area (Å²) < 4.78 is 25.4. The van der Waals surface area contributed by atoms with Gasteiger partial charge in [0.2, 0.25) is 0 Å². The molecule has 0 spiro atoms. The van der Waals surface area contributed by atoms with Crippen molar-refractivity contribution in [3.05, 3.63) is 39.4 Å². The van der Waals surface area contributed by atoms with Crippen molar-refractivity contribution in [2.45, 2.75) is 32.6 Å². The summed E-state index contributed by atoms with van der Waals surface area (Å²) in [5.74, 6) is 0. The van der Waals surface area contributed by atoms with Crippen molar-refractivity contribution in [1.82, 2.24) is 0 Å². The molecular weight excluding hydrogens is 216 g/mol. The van der Waals surface area contributed by atoms with Gasteiger partial charge in [-0.1, -0.05) is 19.4 Å². The van der Waals surface area contributed by atoms with Crippen LogP contribution in [0.2, 0.25) is 0 Å². The average molecular weight is 229 g/mol. The Labute approximate surface area is 92.2 Å². The molecule has 1 rings (SSSR count). The number of aryl methyl sites for hydroxylation is 1. The number of halogens is 2. The molecule has 0 aliphatic heterocycles. The zero-order valence-corrected chi connectivity index (χ0v) is 8.95. The zero-order chi connectivity index (χ0) is 12.1. The quantitative estimate of drug-likeness (QED) is 0.568. The lowest BCUT2D eigenvalue weighted by molar-refractivity contribution is -0.385. The predicted octanol–water partition coefficient (Wildman–Crippen LogP) is 3.88. The Morgan fingerprint density at radius 3 is 2.62 bits per heavy atom. The Balaban J connectivity index is 3.04. The number of unbranched alkanes of at least 4 members (excludes halogenated alkanes) is 1. The highest BCUT2D eigenvalue weighted by Crippen LogP contribution is 2.28. The van der Waals surface area contributed by atoms with Crippen LogP contribution in [0.25, 0.3) is 0 Å². The first-order valence-electron chi connectivity index (χ1n) is 5.11. The van der Waals surface area contributed by atoms with Crippen LogP contribution in [-0.2, 0) is 6.42 Å². The lowest BCUT2D eigenvalue weighted by atomic mass is 10.0.